The summed E-state index contributed by atoms with van der Waals surface area (Å²) in [7, 11) is 0. The minimum atomic E-state index is -0.529. The van der Waals surface area contributed by atoms with Crippen LogP contribution in [-0.2, 0) is 35.0 Å². The van der Waals surface area contributed by atoms with Crippen LogP contribution >= 0.6 is 0 Å². The molecule has 10 radical (unpaired) electrons. The molecule has 0 atom stereocenters. The summed E-state index contributed by atoms with van der Waals surface area (Å²) in [5.74, 6) is 0.490. The number of ketones is 2. The number of para-hydroxylation sites is 1. The van der Waals surface area contributed by atoms with Crippen LogP contribution in [0.1, 0.15) is 26.4 Å². The first-order chi connectivity index (χ1) is 19.6. The number of aromatic nitrogens is 3. The van der Waals surface area contributed by atoms with Gasteiger partial charge in [0.15, 0.2) is 5.78 Å². The normalized spacial score (nSPS) is 16.4. The third-order valence-corrected chi connectivity index (χ3v) is 6.21. The van der Waals surface area contributed by atoms with Gasteiger partial charge in [0, 0.05) is 18.0 Å². The molecule has 1 aromatic heterocycles. The second kappa shape index (κ2) is 14.9. The molecule has 0 saturated heterocycles. The molecule has 1 aliphatic heterocycles. The largest absolute Gasteiger partial charge is 2.00 e. The number of amides is 1. The van der Waals surface area contributed by atoms with E-state index in [1.165, 1.54) is 4.90 Å². The second-order valence-electron chi connectivity index (χ2n) is 8.97. The van der Waals surface area contributed by atoms with E-state index in [9.17, 15) is 14.4 Å². The summed E-state index contributed by atoms with van der Waals surface area (Å²) in [4.78, 5) is 38.2. The van der Waals surface area contributed by atoms with Gasteiger partial charge in [-0.3, -0.25) is 19.1 Å². The summed E-state index contributed by atoms with van der Waals surface area (Å²) in [6.45, 7) is 0.893. The van der Waals surface area contributed by atoms with Crippen molar-refractivity contribution in [2.75, 3.05) is 11.4 Å². The zero-order chi connectivity index (χ0) is 27.7. The Labute approximate surface area is 251 Å². The number of hydrogen-bond donors (Lipinski definition) is 0. The van der Waals surface area contributed by atoms with Crippen LogP contribution in [-0.4, -0.2) is 39.0 Å². The molecule has 2 aliphatic carbocycles. The fraction of sp³-hybridized carbons (Fsp3) is 0.0938. The number of carbonyl (C=O) groups excluding carboxylic acids is 3. The van der Waals surface area contributed by atoms with E-state index in [4.69, 9.17) is 4.74 Å². The number of ether oxygens (including phenoxy) is 1. The standard InChI is InChI=1S/C27H21N4O4.C5H5.Fe/c32-25(14-9-19-5-1-2-6-19)20-10-12-22(13-11-20)35-18-21-17-30(29-28-21)15-16-31-24-8-4-3-7-23(24)26(33)27(31)34;1-2-4-5-3-1;/h1-14,17H,15-16,18H2;1-5H;/q;;+2/b14-9+;;. The number of allylic oxidation sites excluding steroid dienone is 2. The Bertz CT molecular complexity index is 1350. The molecule has 0 unspecified atom stereocenters. The van der Waals surface area contributed by atoms with Gasteiger partial charge in [-0.1, -0.05) is 23.4 Å². The van der Waals surface area contributed by atoms with Gasteiger partial charge in [0.1, 0.15) is 18.1 Å². The van der Waals surface area contributed by atoms with Gasteiger partial charge in [0.05, 0.1) is 24.0 Å². The topological polar surface area (TPSA) is 94.4 Å². The van der Waals surface area contributed by atoms with Crippen molar-refractivity contribution in [3.63, 3.8) is 0 Å². The SMILES string of the molecule is O=C(/C=C/[C]1[CH][CH][CH][CH]1)c1ccc(OCc2cn(CCN3C(=O)C(=O)c4ccccc43)nn2)cc1.[CH]1[CH][CH][CH][CH]1.[Fe+2]. The third kappa shape index (κ3) is 8.02. The van der Waals surface area contributed by atoms with Crippen LogP contribution in [0.4, 0.5) is 5.69 Å². The Hall–Kier alpha value is -3.55. The molecule has 41 heavy (non-hydrogen) atoms. The van der Waals surface area contributed by atoms with Gasteiger partial charge >= 0.3 is 17.1 Å². The van der Waals surface area contributed by atoms with Crippen molar-refractivity contribution in [3.05, 3.63) is 147 Å². The Morgan fingerprint density at radius 3 is 2.24 bits per heavy atom. The molecule has 3 aromatic rings. The van der Waals surface area contributed by atoms with E-state index in [1.807, 2.05) is 57.8 Å². The Morgan fingerprint density at radius 2 is 1.54 bits per heavy atom. The molecule has 2 saturated carbocycles. The first-order valence-electron chi connectivity index (χ1n) is 12.8. The monoisotopic (exact) mass is 586 g/mol. The van der Waals surface area contributed by atoms with Crippen molar-refractivity contribution in [1.82, 2.24) is 15.0 Å². The molecular formula is C32H26FeN4O4+2. The number of Topliss-reactive ketones (excluding diaryl/α,β-unsaturated/α-hetero) is 1. The van der Waals surface area contributed by atoms with Crippen molar-refractivity contribution < 1.29 is 36.2 Å². The van der Waals surface area contributed by atoms with E-state index < -0.39 is 11.7 Å². The van der Waals surface area contributed by atoms with Gasteiger partial charge in [0.25, 0.3) is 11.7 Å². The molecule has 6 rings (SSSR count). The predicted molar refractivity (Wildman–Crippen MR) is 149 cm³/mol. The Morgan fingerprint density at radius 1 is 0.854 bits per heavy atom. The number of anilines is 1. The van der Waals surface area contributed by atoms with Gasteiger partial charge in [-0.25, -0.2) is 0 Å². The third-order valence-electron chi connectivity index (χ3n) is 6.21. The van der Waals surface area contributed by atoms with E-state index >= 15 is 0 Å². The quantitative estimate of drug-likeness (QED) is 0.161. The second-order valence-corrected chi connectivity index (χ2v) is 8.97. The van der Waals surface area contributed by atoms with Crippen LogP contribution in [0.25, 0.3) is 0 Å². The van der Waals surface area contributed by atoms with E-state index in [2.05, 4.69) is 10.3 Å². The average molecular weight is 586 g/mol. The zero-order valence-corrected chi connectivity index (χ0v) is 23.0. The fourth-order valence-electron chi connectivity index (χ4n) is 4.15. The summed E-state index contributed by atoms with van der Waals surface area (Å²) < 4.78 is 7.37. The number of hydrogen-bond acceptors (Lipinski definition) is 6. The molecule has 2 heterocycles. The molecule has 0 spiro atoms. The molecule has 9 heteroatoms. The molecule has 1 amide bonds. The summed E-state index contributed by atoms with van der Waals surface area (Å²) in [6, 6.07) is 13.9. The fourth-order valence-corrected chi connectivity index (χ4v) is 4.15. The van der Waals surface area contributed by atoms with Crippen LogP contribution in [0.3, 0.4) is 0 Å². The van der Waals surface area contributed by atoms with Gasteiger partial charge < -0.3 is 9.64 Å². The van der Waals surface area contributed by atoms with Crippen molar-refractivity contribution in [1.29, 1.82) is 0 Å². The van der Waals surface area contributed by atoms with E-state index in [0.29, 0.717) is 41.3 Å². The van der Waals surface area contributed by atoms with Gasteiger partial charge in [-0.15, -0.1) is 5.10 Å². The van der Waals surface area contributed by atoms with Crippen LogP contribution in [0, 0.1) is 63.7 Å². The molecule has 8 nitrogen and oxygen atoms in total. The van der Waals surface area contributed by atoms with Crippen molar-refractivity contribution in [2.45, 2.75) is 13.2 Å². The molecular weight excluding hydrogens is 560 g/mol. The molecule has 2 fully saturated rings. The summed E-state index contributed by atoms with van der Waals surface area (Å²) in [5, 5.41) is 8.18. The van der Waals surface area contributed by atoms with Gasteiger partial charge in [-0.05, 0) is 100 Å². The molecule has 0 bridgehead atoms. The van der Waals surface area contributed by atoms with E-state index in [-0.39, 0.29) is 29.5 Å². The first-order valence-corrected chi connectivity index (χ1v) is 12.8. The Balaban J connectivity index is 0.000000584. The number of rotatable bonds is 9. The number of benzene rings is 2. The molecule has 204 valence electrons. The Kier molecular flexibility index (Phi) is 11.0. The van der Waals surface area contributed by atoms with Crippen LogP contribution in [0.15, 0.2) is 66.9 Å². The maximum Gasteiger partial charge on any atom is 2.00 e. The average Bonchev–Trinajstić information content (AvgIpc) is 3.82. The van der Waals surface area contributed by atoms with Crippen LogP contribution in [0.5, 0.6) is 5.75 Å². The number of nitrogens with zero attached hydrogens (tertiary/aromatic N) is 4. The summed E-state index contributed by atoms with van der Waals surface area (Å²) >= 11 is 0. The number of carbonyl (C=O) groups is 3. The maximum absolute atomic E-state index is 12.3. The minimum absolute atomic E-state index is 0. The summed E-state index contributed by atoms with van der Waals surface area (Å²) in [5.41, 5.74) is 2.24. The van der Waals surface area contributed by atoms with E-state index in [1.54, 1.807) is 71.6 Å². The van der Waals surface area contributed by atoms with Gasteiger partial charge in [0.2, 0.25) is 0 Å². The van der Waals surface area contributed by atoms with Gasteiger partial charge in [-0.2, -0.15) is 0 Å². The zero-order valence-electron chi connectivity index (χ0n) is 21.9. The van der Waals surface area contributed by atoms with Crippen LogP contribution in [0.2, 0.25) is 0 Å². The molecule has 0 N–H and O–H groups in total. The van der Waals surface area contributed by atoms with Crippen molar-refractivity contribution in [3.8, 4) is 5.75 Å². The molecule has 3 aliphatic rings. The van der Waals surface area contributed by atoms with Crippen LogP contribution < -0.4 is 9.64 Å². The number of fused-ring (bicyclic) bond motifs is 1. The maximum atomic E-state index is 12.3. The smallest absolute Gasteiger partial charge is 0.487 e. The predicted octanol–water partition coefficient (Wildman–Crippen LogP) is 4.25. The van der Waals surface area contributed by atoms with E-state index in [0.717, 1.165) is 5.92 Å². The molecule has 2 aromatic carbocycles. The first kappa shape index (κ1) is 30.4. The summed E-state index contributed by atoms with van der Waals surface area (Å²) in [6.07, 6.45) is 22.8. The van der Waals surface area contributed by atoms with Crippen molar-refractivity contribution >= 4 is 23.2 Å². The van der Waals surface area contributed by atoms with Crippen molar-refractivity contribution in [2.24, 2.45) is 0 Å². The minimum Gasteiger partial charge on any atom is -0.487 e.